The van der Waals surface area contributed by atoms with Crippen LogP contribution in [0.3, 0.4) is 0 Å². The summed E-state index contributed by atoms with van der Waals surface area (Å²) in [5.74, 6) is 0. The topological polar surface area (TPSA) is 22.0 Å². The van der Waals surface area contributed by atoms with Gasteiger partial charge >= 0.3 is 0 Å². The largest absolute Gasteiger partial charge is 0.309 e. The van der Waals surface area contributed by atoms with Gasteiger partial charge in [0.15, 0.2) is 5.43 Å². The third kappa shape index (κ3) is 3.35. The fraction of sp³-hybridized carbons (Fsp3) is 0.0417. The fourth-order valence-electron chi connectivity index (χ4n) is 3.36. The molecule has 0 bridgehead atoms. The minimum absolute atomic E-state index is 0.0516. The molecule has 0 fully saturated rings. The number of halogens is 1. The summed E-state index contributed by atoms with van der Waals surface area (Å²) in [6.45, 7) is 1.91. The summed E-state index contributed by atoms with van der Waals surface area (Å²) in [6, 6.07) is 30.3. The van der Waals surface area contributed by atoms with Crippen molar-refractivity contribution in [3.63, 3.8) is 0 Å². The summed E-state index contributed by atoms with van der Waals surface area (Å²) in [5, 5.41) is 0. The molecule has 0 aliphatic rings. The number of para-hydroxylation sites is 1. The van der Waals surface area contributed by atoms with Gasteiger partial charge in [-0.3, -0.25) is 4.79 Å². The van der Waals surface area contributed by atoms with Gasteiger partial charge < -0.3 is 4.57 Å². The molecule has 0 radical (unpaired) electrons. The van der Waals surface area contributed by atoms with Crippen molar-refractivity contribution in [1.82, 2.24) is 4.57 Å². The standard InChI is InChI=1S/C24H18INO/c1-17-23(27)16-22(20-14-8-9-15-21(20)25)26(19-12-6-3-7-13-19)24(17)18-10-4-2-5-11-18/h2-16H,1H3. The molecule has 0 spiro atoms. The van der Waals surface area contributed by atoms with Gasteiger partial charge in [0.05, 0.1) is 11.4 Å². The van der Waals surface area contributed by atoms with Crippen LogP contribution in [0.2, 0.25) is 0 Å². The lowest BCUT2D eigenvalue weighted by Crippen LogP contribution is -2.16. The number of rotatable bonds is 3. The molecular formula is C24H18INO. The third-order valence-corrected chi connectivity index (χ3v) is 5.61. The molecule has 0 aliphatic heterocycles. The van der Waals surface area contributed by atoms with Crippen molar-refractivity contribution >= 4 is 22.6 Å². The van der Waals surface area contributed by atoms with Gasteiger partial charge in [0.2, 0.25) is 0 Å². The number of aromatic nitrogens is 1. The second-order valence-electron chi connectivity index (χ2n) is 6.38. The highest BCUT2D eigenvalue weighted by Gasteiger charge is 2.18. The van der Waals surface area contributed by atoms with E-state index in [2.05, 4.69) is 63.6 Å². The van der Waals surface area contributed by atoms with E-state index in [9.17, 15) is 4.79 Å². The van der Waals surface area contributed by atoms with E-state index >= 15 is 0 Å². The number of hydrogen-bond acceptors (Lipinski definition) is 1. The highest BCUT2D eigenvalue weighted by atomic mass is 127. The van der Waals surface area contributed by atoms with Gasteiger partial charge in [-0.1, -0.05) is 66.7 Å². The third-order valence-electron chi connectivity index (χ3n) is 4.67. The summed E-state index contributed by atoms with van der Waals surface area (Å²) in [7, 11) is 0. The summed E-state index contributed by atoms with van der Waals surface area (Å²) in [4.78, 5) is 12.9. The summed E-state index contributed by atoms with van der Waals surface area (Å²) in [6.07, 6.45) is 0. The van der Waals surface area contributed by atoms with Crippen LogP contribution in [-0.2, 0) is 0 Å². The predicted octanol–water partition coefficient (Wildman–Crippen LogP) is 6.08. The molecule has 3 heteroatoms. The molecule has 0 amide bonds. The Hall–Kier alpha value is -2.66. The number of pyridine rings is 1. The highest BCUT2D eigenvalue weighted by molar-refractivity contribution is 14.1. The Morgan fingerprint density at radius 3 is 2.04 bits per heavy atom. The molecule has 4 aromatic rings. The number of nitrogens with zero attached hydrogens (tertiary/aromatic N) is 1. The summed E-state index contributed by atoms with van der Waals surface area (Å²) < 4.78 is 3.31. The van der Waals surface area contributed by atoms with Crippen molar-refractivity contribution in [1.29, 1.82) is 0 Å². The predicted molar refractivity (Wildman–Crippen MR) is 120 cm³/mol. The monoisotopic (exact) mass is 463 g/mol. The SMILES string of the molecule is Cc1c(-c2ccccc2)n(-c2ccccc2)c(-c2ccccc2I)cc1=O. The molecule has 4 rings (SSSR count). The molecule has 0 saturated carbocycles. The Balaban J connectivity index is 2.16. The molecule has 2 nitrogen and oxygen atoms in total. The Morgan fingerprint density at radius 2 is 1.37 bits per heavy atom. The van der Waals surface area contributed by atoms with Crippen LogP contribution in [0, 0.1) is 10.5 Å². The lowest BCUT2D eigenvalue weighted by Gasteiger charge is -2.22. The van der Waals surface area contributed by atoms with E-state index in [-0.39, 0.29) is 5.43 Å². The molecule has 132 valence electrons. The van der Waals surface area contributed by atoms with E-state index in [0.717, 1.165) is 37.3 Å². The van der Waals surface area contributed by atoms with E-state index in [1.807, 2.05) is 55.5 Å². The lowest BCUT2D eigenvalue weighted by molar-refractivity contribution is 1.04. The first-order valence-electron chi connectivity index (χ1n) is 8.79. The molecule has 1 aromatic heterocycles. The van der Waals surface area contributed by atoms with Crippen molar-refractivity contribution in [3.05, 3.63) is 110 Å². The fourth-order valence-corrected chi connectivity index (χ4v) is 4.02. The zero-order valence-electron chi connectivity index (χ0n) is 14.9. The van der Waals surface area contributed by atoms with Crippen molar-refractivity contribution < 1.29 is 0 Å². The van der Waals surface area contributed by atoms with E-state index in [1.165, 1.54) is 0 Å². The molecule has 0 saturated heterocycles. The first-order valence-corrected chi connectivity index (χ1v) is 9.87. The average Bonchev–Trinajstić information content (AvgIpc) is 2.71. The first kappa shape index (κ1) is 17.7. The van der Waals surface area contributed by atoms with Gasteiger partial charge in [0.25, 0.3) is 0 Å². The minimum atomic E-state index is 0.0516. The van der Waals surface area contributed by atoms with Crippen molar-refractivity contribution in [2.24, 2.45) is 0 Å². The van der Waals surface area contributed by atoms with Crippen molar-refractivity contribution in [3.8, 4) is 28.2 Å². The van der Waals surface area contributed by atoms with Crippen LogP contribution in [-0.4, -0.2) is 4.57 Å². The first-order chi connectivity index (χ1) is 13.2. The van der Waals surface area contributed by atoms with Crippen LogP contribution in [0.15, 0.2) is 95.8 Å². The van der Waals surface area contributed by atoms with Gasteiger partial charge in [-0.25, -0.2) is 0 Å². The molecule has 3 aromatic carbocycles. The van der Waals surface area contributed by atoms with Crippen LogP contribution in [0.25, 0.3) is 28.2 Å². The summed E-state index contributed by atoms with van der Waals surface area (Å²) >= 11 is 2.33. The molecule has 1 heterocycles. The Morgan fingerprint density at radius 1 is 0.778 bits per heavy atom. The number of benzene rings is 3. The number of hydrogen-bond donors (Lipinski definition) is 0. The second kappa shape index (κ2) is 7.53. The van der Waals surface area contributed by atoms with Crippen molar-refractivity contribution in [2.45, 2.75) is 6.92 Å². The quantitative estimate of drug-likeness (QED) is 0.338. The smallest absolute Gasteiger partial charge is 0.185 e. The lowest BCUT2D eigenvalue weighted by atomic mass is 10.0. The maximum atomic E-state index is 12.9. The molecule has 0 N–H and O–H groups in total. The zero-order chi connectivity index (χ0) is 18.8. The van der Waals surface area contributed by atoms with Crippen LogP contribution in [0.4, 0.5) is 0 Å². The van der Waals surface area contributed by atoms with Crippen LogP contribution in [0.1, 0.15) is 5.56 Å². The van der Waals surface area contributed by atoms with Crippen LogP contribution in [0.5, 0.6) is 0 Å². The van der Waals surface area contributed by atoms with E-state index < -0.39 is 0 Å². The zero-order valence-corrected chi connectivity index (χ0v) is 17.1. The molecule has 27 heavy (non-hydrogen) atoms. The Kier molecular flexibility index (Phi) is 4.94. The summed E-state index contributed by atoms with van der Waals surface area (Å²) in [5.41, 5.74) is 5.76. The van der Waals surface area contributed by atoms with Gasteiger partial charge in [-0.05, 0) is 53.3 Å². The van der Waals surface area contributed by atoms with Gasteiger partial charge in [-0.2, -0.15) is 0 Å². The van der Waals surface area contributed by atoms with Gasteiger partial charge in [0, 0.05) is 26.5 Å². The normalized spacial score (nSPS) is 10.7. The molecule has 0 atom stereocenters. The van der Waals surface area contributed by atoms with Gasteiger partial charge in [0.1, 0.15) is 0 Å². The molecular weight excluding hydrogens is 445 g/mol. The molecule has 0 unspecified atom stereocenters. The second-order valence-corrected chi connectivity index (χ2v) is 7.55. The van der Waals surface area contributed by atoms with E-state index in [0.29, 0.717) is 0 Å². The van der Waals surface area contributed by atoms with Crippen LogP contribution >= 0.6 is 22.6 Å². The Labute approximate surface area is 172 Å². The Bertz CT molecular complexity index is 1150. The van der Waals surface area contributed by atoms with Crippen LogP contribution < -0.4 is 5.43 Å². The van der Waals surface area contributed by atoms with E-state index in [4.69, 9.17) is 0 Å². The average molecular weight is 463 g/mol. The highest BCUT2D eigenvalue weighted by Crippen LogP contribution is 2.33. The maximum absolute atomic E-state index is 12.9. The van der Waals surface area contributed by atoms with E-state index in [1.54, 1.807) is 6.07 Å². The maximum Gasteiger partial charge on any atom is 0.185 e. The van der Waals surface area contributed by atoms with Crippen molar-refractivity contribution in [2.75, 3.05) is 0 Å². The minimum Gasteiger partial charge on any atom is -0.309 e. The van der Waals surface area contributed by atoms with Gasteiger partial charge in [-0.15, -0.1) is 0 Å². The molecule has 0 aliphatic carbocycles.